The normalized spacial score (nSPS) is 22.8. The SMILES string of the molecule is COc1ccc2nc(N(CC3CCCO3)C(=O)c3ccc(S(=O)(=O)N4CC(C)OC(C)C4)cc3)sc2c1. The van der Waals surface area contributed by atoms with Gasteiger partial charge in [-0.25, -0.2) is 13.4 Å². The molecule has 198 valence electrons. The molecule has 2 aliphatic rings. The molecule has 0 aliphatic carbocycles. The van der Waals surface area contributed by atoms with E-state index in [9.17, 15) is 13.2 Å². The second-order valence-electron chi connectivity index (χ2n) is 9.48. The average molecular weight is 546 g/mol. The maximum atomic E-state index is 13.7. The van der Waals surface area contributed by atoms with Crippen molar-refractivity contribution in [3.8, 4) is 5.75 Å². The number of fused-ring (bicyclic) bond motifs is 1. The van der Waals surface area contributed by atoms with Crippen LogP contribution in [0.1, 0.15) is 37.0 Å². The standard InChI is InChI=1S/C26H31N3O6S2/c1-17-14-28(15-18(2)35-17)37(31,32)22-9-6-19(7-10-22)25(30)29(16-21-5-4-12-34-21)26-27-23-11-8-20(33-3)13-24(23)36-26/h6-11,13,17-18,21H,4-5,12,14-16H2,1-3H3. The number of methoxy groups -OCH3 is 1. The molecule has 0 saturated carbocycles. The van der Waals surface area contributed by atoms with Gasteiger partial charge in [0.2, 0.25) is 10.0 Å². The number of hydrogen-bond acceptors (Lipinski definition) is 8. The van der Waals surface area contributed by atoms with Crippen LogP contribution < -0.4 is 9.64 Å². The van der Waals surface area contributed by atoms with Crippen molar-refractivity contribution < 1.29 is 27.4 Å². The number of thiazole rings is 1. The highest BCUT2D eigenvalue weighted by atomic mass is 32.2. The third-order valence-corrected chi connectivity index (χ3v) is 9.48. The van der Waals surface area contributed by atoms with Crippen LogP contribution in [0.5, 0.6) is 5.75 Å². The van der Waals surface area contributed by atoms with E-state index >= 15 is 0 Å². The first-order valence-corrected chi connectivity index (χ1v) is 14.6. The summed E-state index contributed by atoms with van der Waals surface area (Å²) in [5, 5.41) is 0.566. The molecule has 3 aromatic rings. The van der Waals surface area contributed by atoms with Crippen LogP contribution in [-0.2, 0) is 19.5 Å². The highest BCUT2D eigenvalue weighted by molar-refractivity contribution is 7.89. The number of ether oxygens (including phenoxy) is 3. The largest absolute Gasteiger partial charge is 0.497 e. The Hall–Kier alpha value is -2.57. The Morgan fingerprint density at radius 2 is 1.89 bits per heavy atom. The summed E-state index contributed by atoms with van der Waals surface area (Å²) in [6.07, 6.45) is 1.39. The van der Waals surface area contributed by atoms with Crippen molar-refractivity contribution in [1.29, 1.82) is 0 Å². The zero-order chi connectivity index (χ0) is 26.2. The molecule has 9 nitrogen and oxygen atoms in total. The fraction of sp³-hybridized carbons (Fsp3) is 0.462. The molecule has 3 unspecified atom stereocenters. The number of morpholine rings is 1. The van der Waals surface area contributed by atoms with Crippen LogP contribution in [0.25, 0.3) is 10.2 Å². The zero-order valence-electron chi connectivity index (χ0n) is 21.1. The van der Waals surface area contributed by atoms with E-state index in [1.807, 2.05) is 32.0 Å². The topological polar surface area (TPSA) is 98.3 Å². The van der Waals surface area contributed by atoms with Crippen molar-refractivity contribution in [3.63, 3.8) is 0 Å². The van der Waals surface area contributed by atoms with E-state index in [-0.39, 0.29) is 29.1 Å². The van der Waals surface area contributed by atoms with Crippen LogP contribution in [-0.4, -0.2) is 75.3 Å². The van der Waals surface area contributed by atoms with Crippen molar-refractivity contribution in [2.75, 3.05) is 38.3 Å². The second-order valence-corrected chi connectivity index (χ2v) is 12.4. The van der Waals surface area contributed by atoms with Gasteiger partial charge in [0.15, 0.2) is 5.13 Å². The summed E-state index contributed by atoms with van der Waals surface area (Å²) >= 11 is 1.41. The number of benzene rings is 2. The molecule has 3 atom stereocenters. The molecule has 0 radical (unpaired) electrons. The highest BCUT2D eigenvalue weighted by Gasteiger charge is 2.33. The fourth-order valence-electron chi connectivity index (χ4n) is 4.78. The van der Waals surface area contributed by atoms with E-state index in [1.165, 1.54) is 27.8 Å². The van der Waals surface area contributed by atoms with Crippen molar-refractivity contribution >= 4 is 42.6 Å². The van der Waals surface area contributed by atoms with Crippen molar-refractivity contribution in [3.05, 3.63) is 48.0 Å². The lowest BCUT2D eigenvalue weighted by Crippen LogP contribution is -2.48. The van der Waals surface area contributed by atoms with Gasteiger partial charge in [0, 0.05) is 25.3 Å². The Kier molecular flexibility index (Phi) is 7.51. The summed E-state index contributed by atoms with van der Waals surface area (Å²) in [5.41, 5.74) is 1.17. The van der Waals surface area contributed by atoms with Crippen LogP contribution in [0.4, 0.5) is 5.13 Å². The number of aromatic nitrogens is 1. The van der Waals surface area contributed by atoms with Gasteiger partial charge < -0.3 is 14.2 Å². The summed E-state index contributed by atoms with van der Waals surface area (Å²) in [6, 6.07) is 11.8. The summed E-state index contributed by atoms with van der Waals surface area (Å²) in [7, 11) is -2.09. The van der Waals surface area contributed by atoms with Gasteiger partial charge in [0.05, 0.1) is 47.1 Å². The van der Waals surface area contributed by atoms with E-state index < -0.39 is 10.0 Å². The lowest BCUT2D eigenvalue weighted by atomic mass is 10.2. The quantitative estimate of drug-likeness (QED) is 0.444. The monoisotopic (exact) mass is 545 g/mol. The molecule has 2 saturated heterocycles. The van der Waals surface area contributed by atoms with Crippen molar-refractivity contribution in [2.24, 2.45) is 0 Å². The first-order valence-electron chi connectivity index (χ1n) is 12.4. The van der Waals surface area contributed by atoms with E-state index in [2.05, 4.69) is 0 Å². The predicted molar refractivity (Wildman–Crippen MR) is 142 cm³/mol. The van der Waals surface area contributed by atoms with Gasteiger partial charge in [-0.1, -0.05) is 11.3 Å². The maximum Gasteiger partial charge on any atom is 0.260 e. The van der Waals surface area contributed by atoms with Gasteiger partial charge in [0.1, 0.15) is 5.75 Å². The van der Waals surface area contributed by atoms with Crippen LogP contribution in [0.3, 0.4) is 0 Å². The maximum absolute atomic E-state index is 13.7. The van der Waals surface area contributed by atoms with Gasteiger partial charge in [-0.3, -0.25) is 9.69 Å². The molecule has 1 aromatic heterocycles. The number of rotatable bonds is 7. The third-order valence-electron chi connectivity index (χ3n) is 6.60. The van der Waals surface area contributed by atoms with Gasteiger partial charge in [-0.05, 0) is 69.2 Å². The van der Waals surface area contributed by atoms with Crippen molar-refractivity contribution in [2.45, 2.75) is 49.9 Å². The molecule has 2 aromatic carbocycles. The van der Waals surface area contributed by atoms with Crippen LogP contribution >= 0.6 is 11.3 Å². The Labute approximate surface area is 221 Å². The highest BCUT2D eigenvalue weighted by Crippen LogP contribution is 2.33. The summed E-state index contributed by atoms with van der Waals surface area (Å²) in [5.74, 6) is 0.472. The van der Waals surface area contributed by atoms with Gasteiger partial charge in [-0.15, -0.1) is 0 Å². The molecule has 0 N–H and O–H groups in total. The fourth-order valence-corrected chi connectivity index (χ4v) is 7.37. The van der Waals surface area contributed by atoms with E-state index in [1.54, 1.807) is 24.1 Å². The van der Waals surface area contributed by atoms with Gasteiger partial charge in [0.25, 0.3) is 5.91 Å². The smallest absolute Gasteiger partial charge is 0.260 e. The molecule has 1 amide bonds. The van der Waals surface area contributed by atoms with Crippen LogP contribution in [0.15, 0.2) is 47.4 Å². The number of anilines is 1. The molecule has 2 fully saturated rings. The van der Waals surface area contributed by atoms with Crippen LogP contribution in [0, 0.1) is 0 Å². The van der Waals surface area contributed by atoms with E-state index in [0.717, 1.165) is 28.8 Å². The molecule has 37 heavy (non-hydrogen) atoms. The number of nitrogens with zero attached hydrogens (tertiary/aromatic N) is 3. The van der Waals surface area contributed by atoms with E-state index in [4.69, 9.17) is 19.2 Å². The minimum Gasteiger partial charge on any atom is -0.497 e. The third kappa shape index (κ3) is 5.51. The Bertz CT molecular complexity index is 1360. The predicted octanol–water partition coefficient (Wildman–Crippen LogP) is 3.93. The van der Waals surface area contributed by atoms with Gasteiger partial charge in [-0.2, -0.15) is 4.31 Å². The number of amides is 1. The zero-order valence-corrected chi connectivity index (χ0v) is 22.8. The molecular formula is C26H31N3O6S2. The molecule has 3 heterocycles. The lowest BCUT2D eigenvalue weighted by molar-refractivity contribution is -0.0440. The molecule has 0 bridgehead atoms. The second kappa shape index (κ2) is 10.7. The molecule has 11 heteroatoms. The first kappa shape index (κ1) is 26.1. The number of carbonyl (C=O) groups is 1. The number of carbonyl (C=O) groups excluding carboxylic acids is 1. The average Bonchev–Trinajstić information content (AvgIpc) is 3.55. The summed E-state index contributed by atoms with van der Waals surface area (Å²) in [4.78, 5) is 20.2. The Balaban J connectivity index is 1.42. The summed E-state index contributed by atoms with van der Waals surface area (Å²) < 4.78 is 45.7. The van der Waals surface area contributed by atoms with E-state index in [0.29, 0.717) is 36.9 Å². The first-order chi connectivity index (χ1) is 17.7. The van der Waals surface area contributed by atoms with Crippen molar-refractivity contribution in [1.82, 2.24) is 9.29 Å². The van der Waals surface area contributed by atoms with Gasteiger partial charge >= 0.3 is 0 Å². The lowest BCUT2D eigenvalue weighted by Gasteiger charge is -2.34. The summed E-state index contributed by atoms with van der Waals surface area (Å²) in [6.45, 7) is 5.37. The number of sulfonamides is 1. The Morgan fingerprint density at radius 3 is 2.54 bits per heavy atom. The molecule has 5 rings (SSSR count). The minimum atomic E-state index is -3.70. The molecular weight excluding hydrogens is 514 g/mol. The molecule has 2 aliphatic heterocycles. The molecule has 0 spiro atoms. The Morgan fingerprint density at radius 1 is 1.16 bits per heavy atom. The van der Waals surface area contributed by atoms with Crippen LogP contribution in [0.2, 0.25) is 0 Å². The number of hydrogen-bond donors (Lipinski definition) is 0. The minimum absolute atomic E-state index is 0.0737.